The van der Waals surface area contributed by atoms with Gasteiger partial charge in [-0.2, -0.15) is 0 Å². The fourth-order valence-corrected chi connectivity index (χ4v) is 0.318. The van der Waals surface area contributed by atoms with Crippen molar-refractivity contribution < 1.29 is 0 Å². The van der Waals surface area contributed by atoms with Crippen molar-refractivity contribution in [1.29, 1.82) is 0 Å². The monoisotopic (exact) mass is 134 g/mol. The first-order chi connectivity index (χ1) is 4.91. The highest BCUT2D eigenvalue weighted by molar-refractivity contribution is 5.56. The van der Waals surface area contributed by atoms with Crippen LogP contribution in [-0.2, 0) is 0 Å². The van der Waals surface area contributed by atoms with E-state index in [9.17, 15) is 0 Å². The molecule has 0 fully saturated rings. The van der Waals surface area contributed by atoms with E-state index in [4.69, 9.17) is 0 Å². The summed E-state index contributed by atoms with van der Waals surface area (Å²) < 4.78 is 0. The Kier molecular flexibility index (Phi) is 6.54. The van der Waals surface area contributed by atoms with E-state index in [1.807, 2.05) is 6.92 Å². The molecule has 0 aliphatic carbocycles. The molecule has 2 nitrogen and oxygen atoms in total. The fraction of sp³-hybridized carbons (Fsp3) is 0.125. The van der Waals surface area contributed by atoms with Gasteiger partial charge in [0.1, 0.15) is 0 Å². The Hall–Kier alpha value is -1.40. The highest BCUT2D eigenvalue weighted by Gasteiger charge is 1.56. The molecular weight excluding hydrogens is 124 g/mol. The first kappa shape index (κ1) is 8.60. The van der Waals surface area contributed by atoms with Gasteiger partial charge >= 0.3 is 0 Å². The van der Waals surface area contributed by atoms with E-state index in [1.54, 1.807) is 24.6 Å². The summed E-state index contributed by atoms with van der Waals surface area (Å²) >= 11 is 0. The third-order valence-corrected chi connectivity index (χ3v) is 0.658. The lowest BCUT2D eigenvalue weighted by molar-refractivity contribution is 1.57. The van der Waals surface area contributed by atoms with Crippen LogP contribution < -0.4 is 0 Å². The van der Waals surface area contributed by atoms with Crippen molar-refractivity contribution in [3.63, 3.8) is 0 Å². The Morgan fingerprint density at radius 3 is 2.90 bits per heavy atom. The average Bonchev–Trinajstić information content (AvgIpc) is 1.97. The molecule has 0 aromatic carbocycles. The zero-order chi connectivity index (χ0) is 7.66. The standard InChI is InChI=1S/C8H10N2/c1-3-9-7-5-6-8-10-4-2/h3-6,8H,1H2,2H3/b8-6-,10-4?. The second-order valence-corrected chi connectivity index (χ2v) is 1.36. The Bertz CT molecular complexity index is 193. The van der Waals surface area contributed by atoms with E-state index in [1.165, 1.54) is 6.20 Å². The predicted octanol–water partition coefficient (Wildman–Crippen LogP) is 1.96. The molecule has 0 atom stereocenters. The highest BCUT2D eigenvalue weighted by Crippen LogP contribution is 1.72. The van der Waals surface area contributed by atoms with Gasteiger partial charge in [0.2, 0.25) is 0 Å². The Balaban J connectivity index is 3.71. The highest BCUT2D eigenvalue weighted by atomic mass is 14.7. The van der Waals surface area contributed by atoms with E-state index in [0.717, 1.165) is 0 Å². The van der Waals surface area contributed by atoms with E-state index in [2.05, 4.69) is 22.4 Å². The molecule has 0 unspecified atom stereocenters. The Morgan fingerprint density at radius 1 is 1.50 bits per heavy atom. The van der Waals surface area contributed by atoms with Crippen molar-refractivity contribution in [2.75, 3.05) is 0 Å². The summed E-state index contributed by atoms with van der Waals surface area (Å²) in [6.07, 6.45) is 8.19. The second kappa shape index (κ2) is 7.60. The van der Waals surface area contributed by atoms with Gasteiger partial charge in [0, 0.05) is 24.7 Å². The summed E-state index contributed by atoms with van der Waals surface area (Å²) in [5.41, 5.74) is 0. The quantitative estimate of drug-likeness (QED) is 0.416. The number of aliphatic imine (C=N–C) groups is 2. The molecule has 52 valence electrons. The number of nitrogens with zero attached hydrogens (tertiary/aromatic N) is 2. The van der Waals surface area contributed by atoms with Crippen molar-refractivity contribution in [1.82, 2.24) is 0 Å². The van der Waals surface area contributed by atoms with Crippen molar-refractivity contribution in [2.24, 2.45) is 9.98 Å². The van der Waals surface area contributed by atoms with E-state index in [-0.39, 0.29) is 0 Å². The molecule has 0 amide bonds. The smallest absolute Gasteiger partial charge is 0.0296 e. The maximum Gasteiger partial charge on any atom is 0.0296 e. The van der Waals surface area contributed by atoms with Crippen LogP contribution in [0.2, 0.25) is 0 Å². The second-order valence-electron chi connectivity index (χ2n) is 1.36. The van der Waals surface area contributed by atoms with Gasteiger partial charge in [-0.3, -0.25) is 4.99 Å². The summed E-state index contributed by atoms with van der Waals surface area (Å²) in [5, 5.41) is 0. The number of hydrogen-bond donors (Lipinski definition) is 0. The van der Waals surface area contributed by atoms with E-state index >= 15 is 0 Å². The fourth-order valence-electron chi connectivity index (χ4n) is 0.318. The topological polar surface area (TPSA) is 24.7 Å². The molecule has 0 radical (unpaired) electrons. The van der Waals surface area contributed by atoms with Gasteiger partial charge in [0.05, 0.1) is 0 Å². The van der Waals surface area contributed by atoms with Crippen LogP contribution >= 0.6 is 0 Å². The normalized spacial score (nSPS) is 9.70. The lowest BCUT2D eigenvalue weighted by atomic mass is 10.6. The molecule has 2 heteroatoms. The molecule has 0 aromatic rings. The van der Waals surface area contributed by atoms with Crippen LogP contribution in [0.3, 0.4) is 0 Å². The minimum absolute atomic E-state index is 1.42. The van der Waals surface area contributed by atoms with Gasteiger partial charge in [-0.05, 0) is 18.9 Å². The summed E-state index contributed by atoms with van der Waals surface area (Å²) in [7, 11) is 0. The lowest BCUT2D eigenvalue weighted by Crippen LogP contribution is -1.54. The summed E-state index contributed by atoms with van der Waals surface area (Å²) in [5.74, 6) is 2.62. The SMILES string of the molecule is C=CN=C=C/C=C\N=CC. The minimum atomic E-state index is 1.42. The molecular formula is C8H10N2. The number of hydrogen-bond acceptors (Lipinski definition) is 2. The van der Waals surface area contributed by atoms with Crippen molar-refractivity contribution in [2.45, 2.75) is 6.92 Å². The van der Waals surface area contributed by atoms with Crippen LogP contribution in [0.15, 0.2) is 41.1 Å². The third kappa shape index (κ3) is 6.60. The van der Waals surface area contributed by atoms with Gasteiger partial charge < -0.3 is 0 Å². The third-order valence-electron chi connectivity index (χ3n) is 0.658. The van der Waals surface area contributed by atoms with E-state index < -0.39 is 0 Å². The molecule has 0 bridgehead atoms. The molecule has 0 heterocycles. The van der Waals surface area contributed by atoms with E-state index in [0.29, 0.717) is 0 Å². The zero-order valence-corrected chi connectivity index (χ0v) is 5.99. The summed E-state index contributed by atoms with van der Waals surface area (Å²) in [6, 6.07) is 0. The Morgan fingerprint density at radius 2 is 2.30 bits per heavy atom. The van der Waals surface area contributed by atoms with Crippen LogP contribution in [0.5, 0.6) is 0 Å². The largest absolute Gasteiger partial charge is 0.269 e. The van der Waals surface area contributed by atoms with Gasteiger partial charge in [-0.25, -0.2) is 4.99 Å². The maximum absolute atomic E-state index is 3.83. The first-order valence-electron chi connectivity index (χ1n) is 2.94. The zero-order valence-electron chi connectivity index (χ0n) is 5.99. The Labute approximate surface area is 61.0 Å². The number of rotatable bonds is 3. The molecule has 0 aliphatic rings. The van der Waals surface area contributed by atoms with Gasteiger partial charge in [0.15, 0.2) is 0 Å². The summed E-state index contributed by atoms with van der Waals surface area (Å²) in [4.78, 5) is 7.45. The van der Waals surface area contributed by atoms with Crippen LogP contribution in [-0.4, -0.2) is 12.1 Å². The molecule has 0 saturated heterocycles. The summed E-state index contributed by atoms with van der Waals surface area (Å²) in [6.45, 7) is 5.24. The molecule has 0 spiro atoms. The maximum atomic E-state index is 3.83. The molecule has 0 aliphatic heterocycles. The molecule has 0 rings (SSSR count). The lowest BCUT2D eigenvalue weighted by Gasteiger charge is -1.67. The van der Waals surface area contributed by atoms with Crippen molar-refractivity contribution in [3.8, 4) is 0 Å². The van der Waals surface area contributed by atoms with Crippen LogP contribution in [0.1, 0.15) is 6.92 Å². The van der Waals surface area contributed by atoms with Gasteiger partial charge in [-0.15, -0.1) is 0 Å². The van der Waals surface area contributed by atoms with Gasteiger partial charge in [-0.1, -0.05) is 6.58 Å². The number of allylic oxidation sites excluding steroid dienone is 2. The molecule has 0 aromatic heterocycles. The van der Waals surface area contributed by atoms with Crippen molar-refractivity contribution in [3.05, 3.63) is 31.1 Å². The average molecular weight is 134 g/mol. The minimum Gasteiger partial charge on any atom is -0.269 e. The molecule has 0 N–H and O–H groups in total. The molecule has 0 saturated carbocycles. The first-order valence-corrected chi connectivity index (χ1v) is 2.94. The van der Waals surface area contributed by atoms with Gasteiger partial charge in [0.25, 0.3) is 0 Å². The van der Waals surface area contributed by atoms with Crippen LogP contribution in [0.25, 0.3) is 0 Å². The van der Waals surface area contributed by atoms with Crippen LogP contribution in [0.4, 0.5) is 0 Å². The predicted molar refractivity (Wildman–Crippen MR) is 45.5 cm³/mol. The molecule has 10 heavy (non-hydrogen) atoms. The van der Waals surface area contributed by atoms with Crippen LogP contribution in [0, 0.1) is 0 Å². The van der Waals surface area contributed by atoms with Crippen molar-refractivity contribution >= 4 is 12.1 Å².